The molecule has 0 radical (unpaired) electrons. The second-order valence-corrected chi connectivity index (χ2v) is 5.74. The van der Waals surface area contributed by atoms with Crippen LogP contribution in [-0.2, 0) is 4.74 Å². The van der Waals surface area contributed by atoms with Gasteiger partial charge in [0.25, 0.3) is 0 Å². The number of nitrogens with zero attached hydrogens (tertiary/aromatic N) is 2. The van der Waals surface area contributed by atoms with E-state index in [1.165, 1.54) is 16.8 Å². The van der Waals surface area contributed by atoms with E-state index in [1.807, 2.05) is 6.21 Å². The highest BCUT2D eigenvalue weighted by atomic mass is 16.5. The van der Waals surface area contributed by atoms with E-state index in [0.29, 0.717) is 0 Å². The standard InChI is InChI=1S/C19H22N2O/c1-15-3-4-16(2)19(13-15)20-14-17-5-7-18(8-6-17)21-9-11-22-12-10-21/h3-8,13-14H,9-12H2,1-2H3. The zero-order chi connectivity index (χ0) is 15.4. The van der Waals surface area contributed by atoms with Crippen LogP contribution in [0.15, 0.2) is 47.5 Å². The Morgan fingerprint density at radius 3 is 2.45 bits per heavy atom. The smallest absolute Gasteiger partial charge is 0.0661 e. The van der Waals surface area contributed by atoms with Crippen LogP contribution in [0.5, 0.6) is 0 Å². The highest BCUT2D eigenvalue weighted by Gasteiger charge is 2.10. The minimum absolute atomic E-state index is 0.815. The largest absolute Gasteiger partial charge is 0.378 e. The maximum Gasteiger partial charge on any atom is 0.0661 e. The minimum Gasteiger partial charge on any atom is -0.378 e. The maximum atomic E-state index is 5.39. The van der Waals surface area contributed by atoms with E-state index in [2.05, 4.69) is 66.2 Å². The number of anilines is 1. The summed E-state index contributed by atoms with van der Waals surface area (Å²) in [5.74, 6) is 0. The summed E-state index contributed by atoms with van der Waals surface area (Å²) < 4.78 is 5.39. The Morgan fingerprint density at radius 1 is 1.00 bits per heavy atom. The molecule has 0 N–H and O–H groups in total. The Kier molecular flexibility index (Phi) is 4.54. The first-order valence-corrected chi connectivity index (χ1v) is 7.76. The van der Waals surface area contributed by atoms with E-state index in [9.17, 15) is 0 Å². The highest BCUT2D eigenvalue weighted by molar-refractivity contribution is 5.83. The fourth-order valence-electron chi connectivity index (χ4n) is 2.60. The average Bonchev–Trinajstić information content (AvgIpc) is 2.57. The molecule has 3 heteroatoms. The van der Waals surface area contributed by atoms with E-state index in [0.717, 1.165) is 37.6 Å². The first kappa shape index (κ1) is 14.8. The summed E-state index contributed by atoms with van der Waals surface area (Å²) in [6, 6.07) is 14.9. The summed E-state index contributed by atoms with van der Waals surface area (Å²) in [6.07, 6.45) is 1.94. The van der Waals surface area contributed by atoms with Gasteiger partial charge >= 0.3 is 0 Å². The Balaban J connectivity index is 1.72. The molecule has 0 spiro atoms. The van der Waals surface area contributed by atoms with Crippen molar-refractivity contribution in [3.8, 4) is 0 Å². The van der Waals surface area contributed by atoms with Crippen molar-refractivity contribution < 1.29 is 4.74 Å². The van der Waals surface area contributed by atoms with Crippen LogP contribution in [0.4, 0.5) is 11.4 Å². The SMILES string of the molecule is Cc1ccc(C)c(N=Cc2ccc(N3CCOCC3)cc2)c1. The summed E-state index contributed by atoms with van der Waals surface area (Å²) in [4.78, 5) is 6.98. The van der Waals surface area contributed by atoms with E-state index in [-0.39, 0.29) is 0 Å². The predicted molar refractivity (Wildman–Crippen MR) is 92.6 cm³/mol. The number of ether oxygens (including phenoxy) is 1. The van der Waals surface area contributed by atoms with Gasteiger partial charge in [0.2, 0.25) is 0 Å². The topological polar surface area (TPSA) is 24.8 Å². The molecule has 22 heavy (non-hydrogen) atoms. The lowest BCUT2D eigenvalue weighted by atomic mass is 10.1. The molecule has 1 heterocycles. The van der Waals surface area contributed by atoms with Crippen molar-refractivity contribution in [2.24, 2.45) is 4.99 Å². The highest BCUT2D eigenvalue weighted by Crippen LogP contribution is 2.20. The van der Waals surface area contributed by atoms with Gasteiger partial charge in [-0.15, -0.1) is 0 Å². The van der Waals surface area contributed by atoms with Gasteiger partial charge < -0.3 is 9.64 Å². The number of aliphatic imine (C=N–C) groups is 1. The molecule has 2 aromatic rings. The third-order valence-electron chi connectivity index (χ3n) is 3.99. The van der Waals surface area contributed by atoms with Gasteiger partial charge in [-0.2, -0.15) is 0 Å². The fraction of sp³-hybridized carbons (Fsp3) is 0.316. The maximum absolute atomic E-state index is 5.39. The summed E-state index contributed by atoms with van der Waals surface area (Å²) >= 11 is 0. The zero-order valence-corrected chi connectivity index (χ0v) is 13.2. The molecule has 1 aliphatic rings. The lowest BCUT2D eigenvalue weighted by molar-refractivity contribution is 0.122. The predicted octanol–water partition coefficient (Wildman–Crippen LogP) is 3.89. The summed E-state index contributed by atoms with van der Waals surface area (Å²) in [5, 5.41) is 0. The van der Waals surface area contributed by atoms with Crippen LogP contribution >= 0.6 is 0 Å². The molecule has 1 aliphatic heterocycles. The molecule has 1 saturated heterocycles. The molecule has 0 aliphatic carbocycles. The van der Waals surface area contributed by atoms with Gasteiger partial charge in [0.15, 0.2) is 0 Å². The Bertz CT molecular complexity index is 656. The third-order valence-corrected chi connectivity index (χ3v) is 3.99. The van der Waals surface area contributed by atoms with Gasteiger partial charge in [-0.25, -0.2) is 0 Å². The second-order valence-electron chi connectivity index (χ2n) is 5.74. The normalized spacial score (nSPS) is 15.5. The summed E-state index contributed by atoms with van der Waals surface area (Å²) in [6.45, 7) is 7.75. The average molecular weight is 294 g/mol. The molecular formula is C19H22N2O. The van der Waals surface area contributed by atoms with Crippen LogP contribution in [0, 0.1) is 13.8 Å². The molecule has 1 fully saturated rings. The van der Waals surface area contributed by atoms with Crippen molar-refractivity contribution in [3.05, 3.63) is 59.2 Å². The molecule has 0 saturated carbocycles. The van der Waals surface area contributed by atoms with Crippen molar-refractivity contribution in [2.45, 2.75) is 13.8 Å². The van der Waals surface area contributed by atoms with Crippen LogP contribution in [0.3, 0.4) is 0 Å². The van der Waals surface area contributed by atoms with Crippen LogP contribution in [-0.4, -0.2) is 32.5 Å². The van der Waals surface area contributed by atoms with Gasteiger partial charge in [0.05, 0.1) is 18.9 Å². The van der Waals surface area contributed by atoms with Crippen molar-refractivity contribution >= 4 is 17.6 Å². The van der Waals surface area contributed by atoms with E-state index < -0.39 is 0 Å². The van der Waals surface area contributed by atoms with Gasteiger partial charge in [-0.3, -0.25) is 4.99 Å². The molecule has 0 bridgehead atoms. The molecule has 114 valence electrons. The lowest BCUT2D eigenvalue weighted by Crippen LogP contribution is -2.36. The van der Waals surface area contributed by atoms with Crippen molar-refractivity contribution in [1.82, 2.24) is 0 Å². The molecule has 0 aromatic heterocycles. The minimum atomic E-state index is 0.815. The molecule has 3 nitrogen and oxygen atoms in total. The molecular weight excluding hydrogens is 272 g/mol. The molecule has 2 aromatic carbocycles. The van der Waals surface area contributed by atoms with E-state index in [4.69, 9.17) is 4.74 Å². The number of hydrogen-bond acceptors (Lipinski definition) is 3. The molecule has 0 unspecified atom stereocenters. The zero-order valence-electron chi connectivity index (χ0n) is 13.2. The monoisotopic (exact) mass is 294 g/mol. The quantitative estimate of drug-likeness (QED) is 0.802. The Hall–Kier alpha value is -2.13. The molecule has 0 atom stereocenters. The van der Waals surface area contributed by atoms with Crippen molar-refractivity contribution in [2.75, 3.05) is 31.2 Å². The summed E-state index contributed by atoms with van der Waals surface area (Å²) in [7, 11) is 0. The second kappa shape index (κ2) is 6.75. The number of benzene rings is 2. The van der Waals surface area contributed by atoms with E-state index in [1.54, 1.807) is 0 Å². The van der Waals surface area contributed by atoms with Gasteiger partial charge in [-0.05, 0) is 48.7 Å². The Morgan fingerprint density at radius 2 is 1.73 bits per heavy atom. The molecule has 0 amide bonds. The summed E-state index contributed by atoms with van der Waals surface area (Å²) in [5.41, 5.74) is 5.86. The van der Waals surface area contributed by atoms with Gasteiger partial charge in [0, 0.05) is 25.0 Å². The third kappa shape index (κ3) is 3.55. The lowest BCUT2D eigenvalue weighted by Gasteiger charge is -2.28. The van der Waals surface area contributed by atoms with Crippen LogP contribution < -0.4 is 4.90 Å². The van der Waals surface area contributed by atoms with Crippen molar-refractivity contribution in [1.29, 1.82) is 0 Å². The van der Waals surface area contributed by atoms with Crippen molar-refractivity contribution in [3.63, 3.8) is 0 Å². The van der Waals surface area contributed by atoms with Crippen LogP contribution in [0.25, 0.3) is 0 Å². The Labute approximate surface area is 132 Å². The van der Waals surface area contributed by atoms with Gasteiger partial charge in [0.1, 0.15) is 0 Å². The van der Waals surface area contributed by atoms with E-state index >= 15 is 0 Å². The number of rotatable bonds is 3. The van der Waals surface area contributed by atoms with Gasteiger partial charge in [-0.1, -0.05) is 24.3 Å². The number of aryl methyl sites for hydroxylation is 2. The number of hydrogen-bond donors (Lipinski definition) is 0. The van der Waals surface area contributed by atoms with Crippen LogP contribution in [0.2, 0.25) is 0 Å². The van der Waals surface area contributed by atoms with Crippen LogP contribution in [0.1, 0.15) is 16.7 Å². The first-order chi connectivity index (χ1) is 10.7. The molecule has 3 rings (SSSR count). The first-order valence-electron chi connectivity index (χ1n) is 7.76. The fourth-order valence-corrected chi connectivity index (χ4v) is 2.60. The number of morpholine rings is 1.